The quantitative estimate of drug-likeness (QED) is 0.437. The summed E-state index contributed by atoms with van der Waals surface area (Å²) in [5, 5.41) is 1.27. The molecule has 0 radical (unpaired) electrons. The van der Waals surface area contributed by atoms with Gasteiger partial charge in [-0.25, -0.2) is 4.98 Å². The Morgan fingerprint density at radius 3 is 2.67 bits per heavy atom. The van der Waals surface area contributed by atoms with Crippen LogP contribution in [0.4, 0.5) is 0 Å². The first-order valence-electron chi connectivity index (χ1n) is 8.53. The van der Waals surface area contributed by atoms with Crippen LogP contribution >= 0.6 is 23.5 Å². The summed E-state index contributed by atoms with van der Waals surface area (Å²) < 4.78 is 1.82. The maximum absolute atomic E-state index is 13.2. The van der Waals surface area contributed by atoms with Gasteiger partial charge < -0.3 is 0 Å². The first kappa shape index (κ1) is 17.6. The molecule has 1 aliphatic rings. The number of aromatic nitrogens is 2. The van der Waals surface area contributed by atoms with Crippen LogP contribution in [-0.2, 0) is 6.42 Å². The van der Waals surface area contributed by atoms with Crippen LogP contribution in [0.5, 0.6) is 0 Å². The molecule has 1 unspecified atom stereocenters. The van der Waals surface area contributed by atoms with Crippen molar-refractivity contribution in [3.8, 4) is 5.69 Å². The Bertz CT molecular complexity index is 793. The van der Waals surface area contributed by atoms with Crippen molar-refractivity contribution in [2.45, 2.75) is 62.3 Å². The predicted octanol–water partition coefficient (Wildman–Crippen LogP) is 4.78. The Morgan fingerprint density at radius 1 is 1.29 bits per heavy atom. The van der Waals surface area contributed by atoms with E-state index in [0.717, 1.165) is 46.4 Å². The van der Waals surface area contributed by atoms with Crippen LogP contribution in [0.25, 0.3) is 5.69 Å². The monoisotopic (exact) mass is 360 g/mol. The van der Waals surface area contributed by atoms with Crippen molar-refractivity contribution in [1.82, 2.24) is 9.55 Å². The van der Waals surface area contributed by atoms with E-state index in [1.54, 1.807) is 23.5 Å². The van der Waals surface area contributed by atoms with Crippen LogP contribution in [0, 0.1) is 13.8 Å². The average molecular weight is 361 g/mol. The van der Waals surface area contributed by atoms with Gasteiger partial charge in [0, 0.05) is 17.4 Å². The van der Waals surface area contributed by atoms with E-state index in [9.17, 15) is 4.79 Å². The number of fused-ring (bicyclic) bond motifs is 1. The van der Waals surface area contributed by atoms with Crippen LogP contribution in [0.3, 0.4) is 0 Å². The van der Waals surface area contributed by atoms with Gasteiger partial charge in [-0.2, -0.15) is 0 Å². The molecule has 0 aliphatic carbocycles. The number of hydrogen-bond donors (Lipinski definition) is 0. The molecule has 0 saturated carbocycles. The fourth-order valence-corrected chi connectivity index (χ4v) is 5.22. The molecule has 0 fully saturated rings. The average Bonchev–Trinajstić information content (AvgIpc) is 2.87. The minimum absolute atomic E-state index is 0.0957. The fraction of sp³-hybridized carbons (Fsp3) is 0.474. The molecule has 1 aliphatic heterocycles. The Kier molecular flexibility index (Phi) is 5.40. The molecule has 2 aromatic rings. The smallest absolute Gasteiger partial charge is 0.268 e. The van der Waals surface area contributed by atoms with Crippen LogP contribution in [0.1, 0.15) is 43.5 Å². The van der Waals surface area contributed by atoms with E-state index in [1.165, 1.54) is 11.1 Å². The van der Waals surface area contributed by atoms with E-state index in [0.29, 0.717) is 5.25 Å². The molecule has 0 N–H and O–H groups in total. The molecule has 3 rings (SSSR count). The second-order valence-corrected chi connectivity index (χ2v) is 9.00. The summed E-state index contributed by atoms with van der Waals surface area (Å²) >= 11 is 3.37. The largest absolute Gasteiger partial charge is 0.272 e. The molecule has 1 aromatic carbocycles. The number of hydrogen-bond acceptors (Lipinski definition) is 4. The van der Waals surface area contributed by atoms with Crippen molar-refractivity contribution in [2.24, 2.45) is 0 Å². The van der Waals surface area contributed by atoms with Crippen molar-refractivity contribution in [3.63, 3.8) is 0 Å². The van der Waals surface area contributed by atoms with E-state index in [1.807, 2.05) is 4.57 Å². The van der Waals surface area contributed by atoms with Crippen LogP contribution in [0.2, 0.25) is 0 Å². The lowest BCUT2D eigenvalue weighted by atomic mass is 10.1. The third-order valence-electron chi connectivity index (χ3n) is 4.07. The molecule has 0 spiro atoms. The van der Waals surface area contributed by atoms with Gasteiger partial charge in [0.15, 0.2) is 5.16 Å². The van der Waals surface area contributed by atoms with Crippen molar-refractivity contribution in [2.75, 3.05) is 5.75 Å². The number of aryl methyl sites for hydroxylation is 2. The van der Waals surface area contributed by atoms with Gasteiger partial charge in [-0.1, -0.05) is 38.1 Å². The fourth-order valence-electron chi connectivity index (χ4n) is 3.01. The number of rotatable bonds is 5. The lowest BCUT2D eigenvalue weighted by Gasteiger charge is -2.14. The Labute approximate surface area is 152 Å². The number of unbranched alkanes of at least 4 members (excludes halogenated alkanes) is 1. The zero-order valence-electron chi connectivity index (χ0n) is 14.8. The summed E-state index contributed by atoms with van der Waals surface area (Å²) in [5.74, 6) is 0.995. The van der Waals surface area contributed by atoms with Gasteiger partial charge in [0.25, 0.3) is 5.56 Å². The molecule has 0 saturated heterocycles. The van der Waals surface area contributed by atoms with Gasteiger partial charge >= 0.3 is 0 Å². The van der Waals surface area contributed by atoms with E-state index < -0.39 is 0 Å². The van der Waals surface area contributed by atoms with Crippen molar-refractivity contribution in [1.29, 1.82) is 0 Å². The number of thioether (sulfide) groups is 2. The highest BCUT2D eigenvalue weighted by atomic mass is 32.2. The third kappa shape index (κ3) is 3.57. The lowest BCUT2D eigenvalue weighted by molar-refractivity contribution is 0.729. The van der Waals surface area contributed by atoms with Gasteiger partial charge in [-0.3, -0.25) is 9.36 Å². The maximum Gasteiger partial charge on any atom is 0.272 e. The molecular formula is C19H24N2OS2. The van der Waals surface area contributed by atoms with Crippen LogP contribution in [0.15, 0.2) is 33.0 Å². The molecule has 2 heterocycles. The second kappa shape index (κ2) is 7.36. The van der Waals surface area contributed by atoms with E-state index in [2.05, 4.69) is 45.9 Å². The summed E-state index contributed by atoms with van der Waals surface area (Å²) in [7, 11) is 0. The molecule has 1 aromatic heterocycles. The SMILES string of the molecule is CCCCSc1nc2c(c(=O)n1-c1cc(C)cc(C)c1)SC(C)C2. The summed E-state index contributed by atoms with van der Waals surface area (Å²) in [4.78, 5) is 18.9. The van der Waals surface area contributed by atoms with Crippen molar-refractivity contribution in [3.05, 3.63) is 45.4 Å². The molecule has 5 heteroatoms. The summed E-state index contributed by atoms with van der Waals surface area (Å²) in [5.41, 5.74) is 4.35. The Balaban J connectivity index is 2.15. The molecule has 0 amide bonds. The highest BCUT2D eigenvalue weighted by Gasteiger charge is 2.26. The van der Waals surface area contributed by atoms with E-state index in [-0.39, 0.29) is 5.56 Å². The van der Waals surface area contributed by atoms with Gasteiger partial charge in [0.2, 0.25) is 0 Å². The second-order valence-electron chi connectivity index (χ2n) is 6.49. The third-order valence-corrected chi connectivity index (χ3v) is 6.31. The highest BCUT2D eigenvalue weighted by molar-refractivity contribution is 8.00. The lowest BCUT2D eigenvalue weighted by Crippen LogP contribution is -2.24. The van der Waals surface area contributed by atoms with Gasteiger partial charge in [-0.05, 0) is 43.5 Å². The molecule has 3 nitrogen and oxygen atoms in total. The zero-order chi connectivity index (χ0) is 17.3. The molecule has 0 bridgehead atoms. The van der Waals surface area contributed by atoms with Crippen molar-refractivity contribution >= 4 is 23.5 Å². The van der Waals surface area contributed by atoms with Crippen LogP contribution < -0.4 is 5.56 Å². The summed E-state index contributed by atoms with van der Waals surface area (Å²) in [6.45, 7) is 8.49. The van der Waals surface area contributed by atoms with E-state index >= 15 is 0 Å². The molecule has 24 heavy (non-hydrogen) atoms. The molecule has 128 valence electrons. The normalized spacial score (nSPS) is 16.4. The van der Waals surface area contributed by atoms with Crippen LogP contribution in [-0.4, -0.2) is 20.6 Å². The number of benzene rings is 1. The van der Waals surface area contributed by atoms with Gasteiger partial charge in [-0.15, -0.1) is 11.8 Å². The number of nitrogens with zero attached hydrogens (tertiary/aromatic N) is 2. The standard InChI is InChI=1S/C19H24N2OS2/c1-5-6-7-23-19-20-16-11-14(4)24-17(16)18(22)21(19)15-9-12(2)8-13(3)10-15/h8-10,14H,5-7,11H2,1-4H3. The molecular weight excluding hydrogens is 336 g/mol. The zero-order valence-corrected chi connectivity index (χ0v) is 16.4. The first-order valence-corrected chi connectivity index (χ1v) is 10.4. The Morgan fingerprint density at radius 2 is 2.00 bits per heavy atom. The minimum atomic E-state index is 0.0957. The van der Waals surface area contributed by atoms with Crippen molar-refractivity contribution < 1.29 is 0 Å². The van der Waals surface area contributed by atoms with E-state index in [4.69, 9.17) is 4.98 Å². The first-order chi connectivity index (χ1) is 11.5. The van der Waals surface area contributed by atoms with Gasteiger partial charge in [0.1, 0.15) is 0 Å². The highest BCUT2D eigenvalue weighted by Crippen LogP contribution is 2.35. The maximum atomic E-state index is 13.2. The molecule has 1 atom stereocenters. The predicted molar refractivity (Wildman–Crippen MR) is 104 cm³/mol. The topological polar surface area (TPSA) is 34.9 Å². The summed E-state index contributed by atoms with van der Waals surface area (Å²) in [6, 6.07) is 6.29. The minimum Gasteiger partial charge on any atom is -0.268 e. The van der Waals surface area contributed by atoms with Gasteiger partial charge in [0.05, 0.1) is 16.3 Å². The summed E-state index contributed by atoms with van der Waals surface area (Å²) in [6.07, 6.45) is 3.18. The Hall–Kier alpha value is -1.20.